The van der Waals surface area contributed by atoms with Gasteiger partial charge in [-0.15, -0.1) is 0 Å². The van der Waals surface area contributed by atoms with Gasteiger partial charge in [0.25, 0.3) is 0 Å². The Labute approximate surface area is 101 Å². The van der Waals surface area contributed by atoms with Crippen molar-refractivity contribution < 1.29 is 32.7 Å². The first kappa shape index (κ1) is 18.0. The average molecular weight is 242 g/mol. The molecule has 0 atom stereocenters. The van der Waals surface area contributed by atoms with Crippen molar-refractivity contribution in [2.24, 2.45) is 10.7 Å². The van der Waals surface area contributed by atoms with Crippen molar-refractivity contribution >= 4 is 6.21 Å². The molecule has 3 heteroatoms. The molecule has 0 unspecified atom stereocenters. The first-order valence-corrected chi connectivity index (χ1v) is 3.29. The fraction of sp³-hybridized carbons (Fsp3) is 0.333. The van der Waals surface area contributed by atoms with Gasteiger partial charge < -0.3 is 13.2 Å². The minimum Gasteiger partial charge on any atom is -0.399 e. The maximum atomic E-state index is 5.45. The van der Waals surface area contributed by atoms with E-state index in [2.05, 4.69) is 11.6 Å². The molecule has 0 rings (SSSR count). The van der Waals surface area contributed by atoms with Crippen LogP contribution in [0.15, 0.2) is 28.9 Å². The molecular weight excluding hydrogens is 225 g/mol. The van der Waals surface area contributed by atoms with E-state index in [0.29, 0.717) is 5.70 Å². The number of hydrogen-bond acceptors (Lipinski definition) is 2. The molecule has 0 aliphatic rings. The third-order valence-electron chi connectivity index (χ3n) is 1.06. The molecule has 0 aliphatic carbocycles. The molecule has 0 bridgehead atoms. The number of rotatable bonds is 3. The van der Waals surface area contributed by atoms with E-state index < -0.39 is 0 Å². The zero-order valence-electron chi connectivity index (χ0n) is 8.17. The van der Waals surface area contributed by atoms with Crippen LogP contribution in [0.3, 0.4) is 0 Å². The van der Waals surface area contributed by atoms with Crippen molar-refractivity contribution in [2.75, 3.05) is 7.05 Å². The van der Waals surface area contributed by atoms with E-state index in [4.69, 9.17) is 5.73 Å². The molecule has 0 aromatic heterocycles. The van der Waals surface area contributed by atoms with Crippen LogP contribution >= 0.6 is 0 Å². The summed E-state index contributed by atoms with van der Waals surface area (Å²) in [5.74, 6) is 0. The Morgan fingerprint density at radius 2 is 2.08 bits per heavy atom. The summed E-state index contributed by atoms with van der Waals surface area (Å²) in [6.07, 6.45) is 4.67. The SMILES string of the molecule is C=C(N)/C(C=NC)=C/CC.[CH3-].[Y]. The normalized spacial score (nSPS) is 10.3. The minimum atomic E-state index is 0. The van der Waals surface area contributed by atoms with Crippen molar-refractivity contribution in [3.63, 3.8) is 0 Å². The molecule has 67 valence electrons. The molecule has 0 saturated carbocycles. The smallest absolute Gasteiger partial charge is 0.0326 e. The number of hydrogen-bond donors (Lipinski definition) is 1. The van der Waals surface area contributed by atoms with Gasteiger partial charge in [0.2, 0.25) is 0 Å². The van der Waals surface area contributed by atoms with Gasteiger partial charge in [0, 0.05) is 57.2 Å². The molecular formula is C9H17N2Y-. The largest absolute Gasteiger partial charge is 0.399 e. The molecule has 1 radical (unpaired) electrons. The quantitative estimate of drug-likeness (QED) is 0.458. The molecule has 12 heavy (non-hydrogen) atoms. The molecule has 2 nitrogen and oxygen atoms in total. The monoisotopic (exact) mass is 242 g/mol. The standard InChI is InChI=1S/C8H14N2.CH3.Y/c1-4-5-8(6-10-3)7(2)9;;/h5-6H,2,4,9H2,1,3H3;1H3;/q;-1;/b8-5+,10-6?;;. The minimum absolute atomic E-state index is 0. The van der Waals surface area contributed by atoms with Crippen LogP contribution in [0.25, 0.3) is 0 Å². The van der Waals surface area contributed by atoms with Crippen LogP contribution in [-0.2, 0) is 32.7 Å². The molecule has 0 aromatic carbocycles. The Morgan fingerprint density at radius 1 is 1.58 bits per heavy atom. The third-order valence-corrected chi connectivity index (χ3v) is 1.06. The topological polar surface area (TPSA) is 38.4 Å². The summed E-state index contributed by atoms with van der Waals surface area (Å²) >= 11 is 0. The van der Waals surface area contributed by atoms with Gasteiger partial charge in [-0.2, -0.15) is 0 Å². The fourth-order valence-corrected chi connectivity index (χ4v) is 0.626. The first-order chi connectivity index (χ1) is 4.72. The van der Waals surface area contributed by atoms with Crippen LogP contribution in [-0.4, -0.2) is 13.3 Å². The van der Waals surface area contributed by atoms with E-state index in [-0.39, 0.29) is 40.1 Å². The van der Waals surface area contributed by atoms with E-state index in [9.17, 15) is 0 Å². The zero-order chi connectivity index (χ0) is 7.98. The van der Waals surface area contributed by atoms with Gasteiger partial charge in [0.1, 0.15) is 0 Å². The van der Waals surface area contributed by atoms with Crippen LogP contribution in [0.1, 0.15) is 13.3 Å². The van der Waals surface area contributed by atoms with E-state index in [0.717, 1.165) is 12.0 Å². The molecule has 0 aromatic rings. The molecule has 0 aliphatic heterocycles. The molecule has 2 N–H and O–H groups in total. The second-order valence-corrected chi connectivity index (χ2v) is 1.98. The summed E-state index contributed by atoms with van der Waals surface area (Å²) < 4.78 is 0. The van der Waals surface area contributed by atoms with Crippen LogP contribution in [0.4, 0.5) is 0 Å². The Balaban J connectivity index is -0.000000405. The van der Waals surface area contributed by atoms with Crippen molar-refractivity contribution in [2.45, 2.75) is 13.3 Å². The van der Waals surface area contributed by atoms with E-state index >= 15 is 0 Å². The average Bonchev–Trinajstić information content (AvgIpc) is 1.87. The van der Waals surface area contributed by atoms with Gasteiger partial charge in [0.15, 0.2) is 0 Å². The number of nitrogens with two attached hydrogens (primary N) is 1. The Kier molecular flexibility index (Phi) is 16.6. The van der Waals surface area contributed by atoms with E-state index in [1.165, 1.54) is 0 Å². The predicted octanol–water partition coefficient (Wildman–Crippen LogP) is 1.94. The van der Waals surface area contributed by atoms with Crippen LogP contribution in [0.5, 0.6) is 0 Å². The van der Waals surface area contributed by atoms with Crippen molar-refractivity contribution in [1.82, 2.24) is 0 Å². The number of allylic oxidation sites excluding steroid dienone is 2. The van der Waals surface area contributed by atoms with E-state index in [1.54, 1.807) is 13.3 Å². The van der Waals surface area contributed by atoms with Gasteiger partial charge >= 0.3 is 0 Å². The second-order valence-electron chi connectivity index (χ2n) is 1.98. The van der Waals surface area contributed by atoms with E-state index in [1.807, 2.05) is 13.0 Å². The maximum absolute atomic E-state index is 5.45. The summed E-state index contributed by atoms with van der Waals surface area (Å²) in [5, 5.41) is 0. The summed E-state index contributed by atoms with van der Waals surface area (Å²) in [4.78, 5) is 3.84. The Morgan fingerprint density at radius 3 is 2.33 bits per heavy atom. The van der Waals surface area contributed by atoms with Crippen LogP contribution in [0, 0.1) is 7.43 Å². The van der Waals surface area contributed by atoms with Gasteiger partial charge in [-0.3, -0.25) is 4.99 Å². The first-order valence-electron chi connectivity index (χ1n) is 3.29. The third kappa shape index (κ3) is 8.15. The van der Waals surface area contributed by atoms with Gasteiger partial charge in [0.05, 0.1) is 0 Å². The zero-order valence-corrected chi connectivity index (χ0v) is 11.0. The molecule has 0 amide bonds. The summed E-state index contributed by atoms with van der Waals surface area (Å²) in [5.41, 5.74) is 6.95. The van der Waals surface area contributed by atoms with Gasteiger partial charge in [-0.25, -0.2) is 0 Å². The molecule has 0 saturated heterocycles. The molecule has 0 fully saturated rings. The number of aliphatic imine (C=N–C) groups is 1. The summed E-state index contributed by atoms with van der Waals surface area (Å²) in [6, 6.07) is 0. The second kappa shape index (κ2) is 11.1. The van der Waals surface area contributed by atoms with Crippen LogP contribution < -0.4 is 5.73 Å². The Bertz CT molecular complexity index is 171. The van der Waals surface area contributed by atoms with Crippen molar-refractivity contribution in [3.8, 4) is 0 Å². The van der Waals surface area contributed by atoms with Gasteiger partial charge in [-0.1, -0.05) is 19.6 Å². The summed E-state index contributed by atoms with van der Waals surface area (Å²) in [6.45, 7) is 5.66. The fourth-order valence-electron chi connectivity index (χ4n) is 0.626. The van der Waals surface area contributed by atoms with Crippen molar-refractivity contribution in [1.29, 1.82) is 0 Å². The van der Waals surface area contributed by atoms with Crippen molar-refractivity contribution in [3.05, 3.63) is 31.4 Å². The summed E-state index contributed by atoms with van der Waals surface area (Å²) in [7, 11) is 1.71. The van der Waals surface area contributed by atoms with Gasteiger partial charge in [-0.05, 0) is 6.42 Å². The number of nitrogens with zero attached hydrogens (tertiary/aromatic N) is 1. The molecule has 0 heterocycles. The molecule has 0 spiro atoms. The van der Waals surface area contributed by atoms with Crippen LogP contribution in [0.2, 0.25) is 0 Å². The maximum Gasteiger partial charge on any atom is 0.0326 e. The Hall–Kier alpha value is 0.0539. The predicted molar refractivity (Wildman–Crippen MR) is 52.5 cm³/mol.